The van der Waals surface area contributed by atoms with Crippen molar-refractivity contribution in [3.8, 4) is 0 Å². The molecule has 0 aromatic heterocycles. The van der Waals surface area contributed by atoms with Crippen LogP contribution in [-0.2, 0) is 4.79 Å². The van der Waals surface area contributed by atoms with E-state index in [4.69, 9.17) is 5.73 Å². The first-order valence-corrected chi connectivity index (χ1v) is 6.13. The number of hydrogen-bond acceptors (Lipinski definition) is 4. The second-order valence-corrected chi connectivity index (χ2v) is 4.93. The van der Waals surface area contributed by atoms with Crippen LogP contribution in [0.5, 0.6) is 0 Å². The summed E-state index contributed by atoms with van der Waals surface area (Å²) in [5, 5.41) is 0. The molecule has 0 bridgehead atoms. The Kier molecular flexibility index (Phi) is 4.57. The van der Waals surface area contributed by atoms with Gasteiger partial charge in [-0.3, -0.25) is 9.59 Å². The number of amides is 1. The van der Waals surface area contributed by atoms with Crippen molar-refractivity contribution in [2.45, 2.75) is 11.8 Å². The Balaban J connectivity index is 2.71. The standard InChI is InChI=1S/C12H16N2O2S/c1-8(15)10-5-4-9(6-11(10)13)17-7-12(16)14(2)3/h4-6H,7,13H2,1-3H3. The summed E-state index contributed by atoms with van der Waals surface area (Å²) >= 11 is 1.41. The molecule has 0 fully saturated rings. The van der Waals surface area contributed by atoms with E-state index in [1.807, 2.05) is 0 Å². The van der Waals surface area contributed by atoms with E-state index in [-0.39, 0.29) is 11.7 Å². The normalized spacial score (nSPS) is 10.1. The van der Waals surface area contributed by atoms with Crippen molar-refractivity contribution in [1.82, 2.24) is 4.90 Å². The largest absolute Gasteiger partial charge is 0.398 e. The fourth-order valence-electron chi connectivity index (χ4n) is 1.23. The van der Waals surface area contributed by atoms with Gasteiger partial charge in [-0.15, -0.1) is 11.8 Å². The smallest absolute Gasteiger partial charge is 0.232 e. The van der Waals surface area contributed by atoms with Gasteiger partial charge in [0.1, 0.15) is 0 Å². The number of carbonyl (C=O) groups is 2. The number of nitrogens with zero attached hydrogens (tertiary/aromatic N) is 1. The Morgan fingerprint density at radius 3 is 2.47 bits per heavy atom. The number of rotatable bonds is 4. The summed E-state index contributed by atoms with van der Waals surface area (Å²) < 4.78 is 0. The quantitative estimate of drug-likeness (QED) is 0.503. The molecule has 1 rings (SSSR count). The van der Waals surface area contributed by atoms with Crippen LogP contribution in [0.1, 0.15) is 17.3 Å². The minimum atomic E-state index is -0.0524. The Morgan fingerprint density at radius 2 is 2.00 bits per heavy atom. The molecular formula is C12H16N2O2S. The van der Waals surface area contributed by atoms with Crippen molar-refractivity contribution >= 4 is 29.1 Å². The third kappa shape index (κ3) is 3.78. The van der Waals surface area contributed by atoms with Gasteiger partial charge in [-0.25, -0.2) is 0 Å². The first kappa shape index (κ1) is 13.6. The lowest BCUT2D eigenvalue weighted by atomic mass is 10.1. The number of nitrogens with two attached hydrogens (primary N) is 1. The van der Waals surface area contributed by atoms with Crippen molar-refractivity contribution in [2.24, 2.45) is 0 Å². The van der Waals surface area contributed by atoms with Gasteiger partial charge in [-0.2, -0.15) is 0 Å². The summed E-state index contributed by atoms with van der Waals surface area (Å²) in [6, 6.07) is 5.23. The number of Topliss-reactive ketones (excluding diaryl/α,β-unsaturated/α-hetero) is 1. The minimum Gasteiger partial charge on any atom is -0.398 e. The molecule has 0 spiro atoms. The molecule has 0 unspecified atom stereocenters. The van der Waals surface area contributed by atoms with Crippen LogP contribution < -0.4 is 5.73 Å². The van der Waals surface area contributed by atoms with E-state index in [2.05, 4.69) is 0 Å². The van der Waals surface area contributed by atoms with Crippen molar-refractivity contribution in [1.29, 1.82) is 0 Å². The lowest BCUT2D eigenvalue weighted by Crippen LogP contribution is -2.23. The maximum absolute atomic E-state index is 11.4. The second kappa shape index (κ2) is 5.72. The number of nitrogen functional groups attached to an aromatic ring is 1. The SMILES string of the molecule is CC(=O)c1ccc(SCC(=O)N(C)C)cc1N. The lowest BCUT2D eigenvalue weighted by Gasteiger charge is -2.10. The van der Waals surface area contributed by atoms with Gasteiger partial charge in [0.2, 0.25) is 5.91 Å². The first-order chi connectivity index (χ1) is 7.91. The zero-order valence-corrected chi connectivity index (χ0v) is 11.0. The van der Waals surface area contributed by atoms with Crippen LogP contribution in [0.2, 0.25) is 0 Å². The van der Waals surface area contributed by atoms with Crippen molar-refractivity contribution < 1.29 is 9.59 Å². The van der Waals surface area contributed by atoms with Gasteiger partial charge in [0, 0.05) is 30.2 Å². The fraction of sp³-hybridized carbons (Fsp3) is 0.333. The van der Waals surface area contributed by atoms with E-state index in [1.54, 1.807) is 37.2 Å². The van der Waals surface area contributed by atoms with Crippen LogP contribution in [0.25, 0.3) is 0 Å². The fourth-order valence-corrected chi connectivity index (χ4v) is 2.15. The van der Waals surface area contributed by atoms with Gasteiger partial charge in [0.25, 0.3) is 0 Å². The Bertz CT molecular complexity index is 444. The molecule has 0 atom stereocenters. The summed E-state index contributed by atoms with van der Waals surface area (Å²) in [5.74, 6) is 0.360. The van der Waals surface area contributed by atoms with E-state index in [0.717, 1.165) is 4.90 Å². The number of thioether (sulfide) groups is 1. The predicted molar refractivity (Wildman–Crippen MR) is 70.3 cm³/mol. The van der Waals surface area contributed by atoms with Crippen molar-refractivity contribution in [3.05, 3.63) is 23.8 Å². The average Bonchev–Trinajstić information content (AvgIpc) is 2.25. The Labute approximate surface area is 105 Å². The highest BCUT2D eigenvalue weighted by Crippen LogP contribution is 2.23. The van der Waals surface area contributed by atoms with E-state index in [9.17, 15) is 9.59 Å². The molecule has 0 saturated carbocycles. The van der Waals surface area contributed by atoms with Crippen LogP contribution in [0, 0.1) is 0 Å². The van der Waals surface area contributed by atoms with E-state index in [1.165, 1.54) is 18.7 Å². The number of carbonyl (C=O) groups excluding carboxylic acids is 2. The number of benzene rings is 1. The van der Waals surface area contributed by atoms with Crippen LogP contribution in [-0.4, -0.2) is 36.4 Å². The molecule has 0 heterocycles. The minimum absolute atomic E-state index is 0.0456. The molecule has 17 heavy (non-hydrogen) atoms. The molecule has 1 aromatic carbocycles. The number of ketones is 1. The molecule has 0 aliphatic carbocycles. The summed E-state index contributed by atoms with van der Waals surface area (Å²) in [5.41, 5.74) is 6.74. The third-order valence-corrected chi connectivity index (χ3v) is 3.24. The molecule has 92 valence electrons. The zero-order chi connectivity index (χ0) is 13.0. The van der Waals surface area contributed by atoms with Gasteiger partial charge in [0.15, 0.2) is 5.78 Å². The molecule has 2 N–H and O–H groups in total. The summed E-state index contributed by atoms with van der Waals surface area (Å²) in [6.07, 6.45) is 0. The first-order valence-electron chi connectivity index (χ1n) is 5.15. The van der Waals surface area contributed by atoms with Gasteiger partial charge in [0.05, 0.1) is 5.75 Å². The van der Waals surface area contributed by atoms with E-state index in [0.29, 0.717) is 17.0 Å². The van der Waals surface area contributed by atoms with Crippen LogP contribution in [0.3, 0.4) is 0 Å². The van der Waals surface area contributed by atoms with E-state index < -0.39 is 0 Å². The van der Waals surface area contributed by atoms with Gasteiger partial charge < -0.3 is 10.6 Å². The molecule has 0 saturated heterocycles. The Morgan fingerprint density at radius 1 is 1.35 bits per heavy atom. The maximum atomic E-state index is 11.4. The van der Waals surface area contributed by atoms with Gasteiger partial charge >= 0.3 is 0 Å². The Hall–Kier alpha value is -1.49. The average molecular weight is 252 g/mol. The van der Waals surface area contributed by atoms with E-state index >= 15 is 0 Å². The molecule has 1 amide bonds. The van der Waals surface area contributed by atoms with Crippen LogP contribution >= 0.6 is 11.8 Å². The second-order valence-electron chi connectivity index (χ2n) is 3.88. The van der Waals surface area contributed by atoms with Crippen molar-refractivity contribution in [3.63, 3.8) is 0 Å². The third-order valence-electron chi connectivity index (χ3n) is 2.26. The molecule has 1 aromatic rings. The topological polar surface area (TPSA) is 63.4 Å². The molecule has 0 aliphatic rings. The highest BCUT2D eigenvalue weighted by Gasteiger charge is 2.08. The van der Waals surface area contributed by atoms with Crippen LogP contribution in [0.15, 0.2) is 23.1 Å². The molecule has 5 heteroatoms. The summed E-state index contributed by atoms with van der Waals surface area (Å²) in [4.78, 5) is 25.0. The molecule has 0 radical (unpaired) electrons. The highest BCUT2D eigenvalue weighted by molar-refractivity contribution is 8.00. The summed E-state index contributed by atoms with van der Waals surface area (Å²) in [6.45, 7) is 1.48. The number of anilines is 1. The van der Waals surface area contributed by atoms with Gasteiger partial charge in [-0.1, -0.05) is 0 Å². The molecule has 4 nitrogen and oxygen atoms in total. The van der Waals surface area contributed by atoms with Crippen LogP contribution in [0.4, 0.5) is 5.69 Å². The lowest BCUT2D eigenvalue weighted by molar-refractivity contribution is -0.125. The molecular weight excluding hydrogens is 236 g/mol. The predicted octanol–water partition coefficient (Wildman–Crippen LogP) is 1.65. The number of hydrogen-bond donors (Lipinski definition) is 1. The maximum Gasteiger partial charge on any atom is 0.232 e. The zero-order valence-electron chi connectivity index (χ0n) is 10.2. The molecule has 0 aliphatic heterocycles. The van der Waals surface area contributed by atoms with Gasteiger partial charge in [-0.05, 0) is 25.1 Å². The monoisotopic (exact) mass is 252 g/mol. The highest BCUT2D eigenvalue weighted by atomic mass is 32.2. The van der Waals surface area contributed by atoms with Crippen molar-refractivity contribution in [2.75, 3.05) is 25.6 Å². The summed E-state index contributed by atoms with van der Waals surface area (Å²) in [7, 11) is 3.44.